The molecule has 6 heteroatoms. The van der Waals surface area contributed by atoms with Gasteiger partial charge in [0.25, 0.3) is 5.91 Å². The van der Waals surface area contributed by atoms with Crippen molar-refractivity contribution < 1.29 is 22.4 Å². The van der Waals surface area contributed by atoms with Crippen LogP contribution < -0.4 is 5.32 Å². The first-order valence-electron chi connectivity index (χ1n) is 8.62. The summed E-state index contributed by atoms with van der Waals surface area (Å²) < 4.78 is 51.8. The number of rotatable bonds is 7. The topological polar surface area (TPSA) is 29.1 Å². The molecule has 2 rings (SSSR count). The van der Waals surface area contributed by atoms with Crippen molar-refractivity contribution in [2.45, 2.75) is 37.9 Å². The second-order valence-corrected chi connectivity index (χ2v) is 6.26. The third-order valence-electron chi connectivity index (χ3n) is 4.34. The highest BCUT2D eigenvalue weighted by molar-refractivity contribution is 5.94. The Morgan fingerprint density at radius 3 is 2.41 bits per heavy atom. The minimum absolute atomic E-state index is 0.0778. The lowest BCUT2D eigenvalue weighted by Gasteiger charge is -2.26. The highest BCUT2D eigenvalue weighted by Gasteiger charge is 2.31. The number of halogens is 4. The van der Waals surface area contributed by atoms with Crippen molar-refractivity contribution in [1.82, 2.24) is 5.32 Å². The zero-order valence-electron chi connectivity index (χ0n) is 14.9. The highest BCUT2D eigenvalue weighted by Crippen LogP contribution is 2.30. The fraction of sp³-hybridized carbons (Fsp3) is 0.286. The molecule has 2 atom stereocenters. The smallest absolute Gasteiger partial charge is 0.345 e. The number of hydrogen-bond acceptors (Lipinski definition) is 1. The average molecular weight is 379 g/mol. The van der Waals surface area contributed by atoms with Gasteiger partial charge in [-0.1, -0.05) is 37.6 Å². The van der Waals surface area contributed by atoms with Gasteiger partial charge in [-0.25, -0.2) is 4.39 Å². The number of benzene rings is 2. The van der Waals surface area contributed by atoms with Crippen molar-refractivity contribution in [2.75, 3.05) is 0 Å². The van der Waals surface area contributed by atoms with Crippen LogP contribution in [0.3, 0.4) is 0 Å². The van der Waals surface area contributed by atoms with Gasteiger partial charge in [-0.2, -0.15) is 13.2 Å². The van der Waals surface area contributed by atoms with Gasteiger partial charge in [0.15, 0.2) is 0 Å². The van der Waals surface area contributed by atoms with Crippen molar-refractivity contribution in [2.24, 2.45) is 0 Å². The number of carbonyl (C=O) groups excluding carboxylic acids is 1. The summed E-state index contributed by atoms with van der Waals surface area (Å²) in [4.78, 5) is 12.5. The van der Waals surface area contributed by atoms with Gasteiger partial charge in [-0.3, -0.25) is 4.79 Å². The third-order valence-corrected chi connectivity index (χ3v) is 4.34. The van der Waals surface area contributed by atoms with Gasteiger partial charge < -0.3 is 5.32 Å². The molecule has 0 saturated carbocycles. The summed E-state index contributed by atoms with van der Waals surface area (Å²) in [5, 5.41) is 2.74. The predicted molar refractivity (Wildman–Crippen MR) is 96.9 cm³/mol. The van der Waals surface area contributed by atoms with E-state index in [0.717, 1.165) is 24.1 Å². The molecule has 0 fully saturated rings. The Bertz CT molecular complexity index is 784. The molecule has 144 valence electrons. The normalized spacial score (nSPS) is 13.7. The van der Waals surface area contributed by atoms with Crippen LogP contribution in [0.15, 0.2) is 61.2 Å². The fourth-order valence-electron chi connectivity index (χ4n) is 2.97. The number of carbonyl (C=O) groups is 1. The molecule has 2 unspecified atom stereocenters. The van der Waals surface area contributed by atoms with Crippen LogP contribution in [0, 0.1) is 5.82 Å². The molecule has 0 heterocycles. The fourth-order valence-corrected chi connectivity index (χ4v) is 2.97. The number of amides is 1. The van der Waals surface area contributed by atoms with E-state index in [-0.39, 0.29) is 17.3 Å². The first-order valence-corrected chi connectivity index (χ1v) is 8.62. The van der Waals surface area contributed by atoms with Crippen molar-refractivity contribution in [1.29, 1.82) is 0 Å². The van der Waals surface area contributed by atoms with E-state index in [1.807, 2.05) is 6.92 Å². The molecule has 0 aliphatic rings. The molecular weight excluding hydrogens is 358 g/mol. The Morgan fingerprint density at radius 1 is 1.19 bits per heavy atom. The van der Waals surface area contributed by atoms with Crippen molar-refractivity contribution >= 4 is 5.91 Å². The van der Waals surface area contributed by atoms with Gasteiger partial charge in [0.2, 0.25) is 0 Å². The van der Waals surface area contributed by atoms with E-state index in [2.05, 4.69) is 11.9 Å². The van der Waals surface area contributed by atoms with Crippen LogP contribution in [0.1, 0.15) is 47.2 Å². The minimum Gasteiger partial charge on any atom is -0.345 e. The molecule has 1 N–H and O–H groups in total. The molecule has 2 nitrogen and oxygen atoms in total. The molecule has 1 amide bonds. The van der Waals surface area contributed by atoms with Crippen LogP contribution in [0.25, 0.3) is 0 Å². The molecule has 0 radical (unpaired) electrons. The number of alkyl halides is 3. The Morgan fingerprint density at radius 2 is 1.85 bits per heavy atom. The first kappa shape index (κ1) is 20.7. The molecule has 0 spiro atoms. The largest absolute Gasteiger partial charge is 0.416 e. The molecule has 0 bridgehead atoms. The zero-order valence-corrected chi connectivity index (χ0v) is 14.9. The van der Waals surface area contributed by atoms with E-state index in [1.54, 1.807) is 18.2 Å². The van der Waals surface area contributed by atoms with Crippen molar-refractivity contribution in [3.8, 4) is 0 Å². The van der Waals surface area contributed by atoms with Crippen LogP contribution in [-0.4, -0.2) is 11.9 Å². The summed E-state index contributed by atoms with van der Waals surface area (Å²) in [6.45, 7) is 5.72. The van der Waals surface area contributed by atoms with Crippen molar-refractivity contribution in [3.63, 3.8) is 0 Å². The van der Waals surface area contributed by atoms with Gasteiger partial charge in [0.1, 0.15) is 5.82 Å². The standard InChI is InChI=1S/C21H21F4NO/c1-3-6-18(14-9-11-17(22)12-10-14)19(4-2)26-20(27)15-7-5-8-16(13-15)21(23,24)25/h4-5,7-13,18-19H,2-3,6H2,1H3,(H,26,27). The SMILES string of the molecule is C=CC(NC(=O)c1cccc(C(F)(F)F)c1)C(CCC)c1ccc(F)cc1. The summed E-state index contributed by atoms with van der Waals surface area (Å²) in [5.74, 6) is -1.14. The summed E-state index contributed by atoms with van der Waals surface area (Å²) in [6.07, 6.45) is -1.46. The van der Waals surface area contributed by atoms with E-state index in [4.69, 9.17) is 0 Å². The van der Waals surface area contributed by atoms with E-state index in [1.165, 1.54) is 24.3 Å². The lowest BCUT2D eigenvalue weighted by Crippen LogP contribution is -2.38. The van der Waals surface area contributed by atoms with Crippen LogP contribution in [0.2, 0.25) is 0 Å². The van der Waals surface area contributed by atoms with Gasteiger partial charge in [-0.15, -0.1) is 6.58 Å². The number of hydrogen-bond donors (Lipinski definition) is 1. The Hall–Kier alpha value is -2.63. The van der Waals surface area contributed by atoms with Crippen LogP contribution in [-0.2, 0) is 6.18 Å². The Labute approximate surface area is 155 Å². The second-order valence-electron chi connectivity index (χ2n) is 6.26. The maximum Gasteiger partial charge on any atom is 0.416 e. The Kier molecular flexibility index (Phi) is 6.77. The first-order chi connectivity index (χ1) is 12.8. The minimum atomic E-state index is -4.52. The van der Waals surface area contributed by atoms with Gasteiger partial charge >= 0.3 is 6.18 Å². The van der Waals surface area contributed by atoms with E-state index < -0.39 is 23.7 Å². The summed E-state index contributed by atoms with van der Waals surface area (Å²) in [5.41, 5.74) is -0.132. The van der Waals surface area contributed by atoms with E-state index in [0.29, 0.717) is 6.42 Å². The molecular formula is C21H21F4NO. The summed E-state index contributed by atoms with van der Waals surface area (Å²) >= 11 is 0. The van der Waals surface area contributed by atoms with Gasteiger partial charge in [-0.05, 0) is 42.3 Å². The van der Waals surface area contributed by atoms with Crippen molar-refractivity contribution in [3.05, 3.63) is 83.7 Å². The highest BCUT2D eigenvalue weighted by atomic mass is 19.4. The van der Waals surface area contributed by atoms with Crippen LogP contribution >= 0.6 is 0 Å². The maximum atomic E-state index is 13.2. The quantitative estimate of drug-likeness (QED) is 0.484. The molecule has 0 aliphatic heterocycles. The average Bonchev–Trinajstić information content (AvgIpc) is 2.64. The Balaban J connectivity index is 2.24. The lowest BCUT2D eigenvalue weighted by molar-refractivity contribution is -0.137. The molecule has 2 aromatic carbocycles. The summed E-state index contributed by atoms with van der Waals surface area (Å²) in [7, 11) is 0. The monoisotopic (exact) mass is 379 g/mol. The molecule has 0 aliphatic carbocycles. The van der Waals surface area contributed by atoms with Crippen LogP contribution in [0.4, 0.5) is 17.6 Å². The maximum absolute atomic E-state index is 13.2. The number of nitrogens with one attached hydrogen (secondary N) is 1. The van der Waals surface area contributed by atoms with E-state index >= 15 is 0 Å². The third kappa shape index (κ3) is 5.42. The van der Waals surface area contributed by atoms with E-state index in [9.17, 15) is 22.4 Å². The summed E-state index contributed by atoms with van der Waals surface area (Å²) in [6, 6.07) is 9.73. The van der Waals surface area contributed by atoms with Crippen LogP contribution in [0.5, 0.6) is 0 Å². The second kappa shape index (κ2) is 8.84. The zero-order chi connectivity index (χ0) is 20.0. The molecule has 27 heavy (non-hydrogen) atoms. The molecule has 0 saturated heterocycles. The predicted octanol–water partition coefficient (Wildman–Crippen LogP) is 5.71. The van der Waals surface area contributed by atoms with Gasteiger partial charge in [0, 0.05) is 11.5 Å². The van der Waals surface area contributed by atoms with Gasteiger partial charge in [0.05, 0.1) is 11.6 Å². The molecule has 2 aromatic rings. The molecule has 0 aromatic heterocycles. The lowest BCUT2D eigenvalue weighted by atomic mass is 9.87.